The number of benzene rings is 2. The van der Waals surface area contributed by atoms with Crippen LogP contribution in [0.5, 0.6) is 0 Å². The van der Waals surface area contributed by atoms with Gasteiger partial charge in [0, 0.05) is 22.6 Å². The standard InChI is InChI=1S/C22H25Cl2N3O2S/c1-2-15-5-6-26-14-21(10-15)27-30(28,29)22-11-16(13-25)3-4-18(22)7-17-8-19(23)12-20(24)9-17/h3-4,8-9,11-12,15,21,26-27H,2,5-7,10,14H2,1H3/t15?,21-/m1/s1. The zero-order chi connectivity index (χ0) is 21.7. The number of nitrogens with one attached hydrogen (secondary N) is 2. The fourth-order valence-corrected chi connectivity index (χ4v) is 5.97. The molecule has 1 heterocycles. The van der Waals surface area contributed by atoms with Crippen LogP contribution < -0.4 is 10.0 Å². The first kappa shape index (κ1) is 23.1. The quantitative estimate of drug-likeness (QED) is 0.656. The second kappa shape index (κ2) is 10.1. The van der Waals surface area contributed by atoms with Gasteiger partial charge in [0.15, 0.2) is 0 Å². The van der Waals surface area contributed by atoms with Crippen molar-refractivity contribution in [2.75, 3.05) is 13.1 Å². The molecule has 0 radical (unpaired) electrons. The highest BCUT2D eigenvalue weighted by Gasteiger charge is 2.26. The molecule has 1 saturated heterocycles. The Morgan fingerprint density at radius 3 is 2.60 bits per heavy atom. The van der Waals surface area contributed by atoms with Gasteiger partial charge in [-0.3, -0.25) is 0 Å². The van der Waals surface area contributed by atoms with Gasteiger partial charge in [0.05, 0.1) is 16.5 Å². The predicted octanol–water partition coefficient (Wildman–Crippen LogP) is 4.51. The van der Waals surface area contributed by atoms with Crippen molar-refractivity contribution in [2.24, 2.45) is 5.92 Å². The minimum absolute atomic E-state index is 0.120. The van der Waals surface area contributed by atoms with Crippen LogP contribution in [-0.4, -0.2) is 27.5 Å². The van der Waals surface area contributed by atoms with Crippen LogP contribution in [0.1, 0.15) is 42.9 Å². The summed E-state index contributed by atoms with van der Waals surface area (Å²) in [4.78, 5) is 0.120. The molecule has 2 aromatic rings. The summed E-state index contributed by atoms with van der Waals surface area (Å²) in [5.41, 5.74) is 1.69. The van der Waals surface area contributed by atoms with E-state index in [0.717, 1.165) is 31.4 Å². The van der Waals surface area contributed by atoms with E-state index >= 15 is 0 Å². The summed E-state index contributed by atoms with van der Waals surface area (Å²) in [5.74, 6) is 0.478. The van der Waals surface area contributed by atoms with Crippen molar-refractivity contribution in [3.8, 4) is 6.07 Å². The molecule has 1 aliphatic heterocycles. The van der Waals surface area contributed by atoms with Crippen LogP contribution in [0, 0.1) is 17.2 Å². The van der Waals surface area contributed by atoms with E-state index in [9.17, 15) is 13.7 Å². The smallest absolute Gasteiger partial charge is 0.241 e. The van der Waals surface area contributed by atoms with Gasteiger partial charge in [0.2, 0.25) is 10.0 Å². The Labute approximate surface area is 188 Å². The minimum Gasteiger partial charge on any atom is -0.315 e. The minimum atomic E-state index is -3.82. The molecule has 8 heteroatoms. The summed E-state index contributed by atoms with van der Waals surface area (Å²) < 4.78 is 29.5. The number of nitriles is 1. The molecule has 0 aromatic heterocycles. The molecular weight excluding hydrogens is 441 g/mol. The second-order valence-corrected chi connectivity index (χ2v) is 10.3. The molecule has 1 aliphatic rings. The molecule has 0 bridgehead atoms. The molecule has 1 fully saturated rings. The highest BCUT2D eigenvalue weighted by Crippen LogP contribution is 2.26. The second-order valence-electron chi connectivity index (χ2n) is 7.71. The van der Waals surface area contributed by atoms with E-state index in [4.69, 9.17) is 23.2 Å². The molecule has 1 unspecified atom stereocenters. The van der Waals surface area contributed by atoms with Gasteiger partial charge >= 0.3 is 0 Å². The Kier molecular flexibility index (Phi) is 7.78. The third-order valence-electron chi connectivity index (χ3n) is 5.44. The number of rotatable bonds is 6. The lowest BCUT2D eigenvalue weighted by Gasteiger charge is -2.21. The summed E-state index contributed by atoms with van der Waals surface area (Å²) in [5, 5.41) is 13.6. The van der Waals surface area contributed by atoms with Crippen LogP contribution in [0.15, 0.2) is 41.3 Å². The zero-order valence-electron chi connectivity index (χ0n) is 16.8. The molecule has 0 aliphatic carbocycles. The van der Waals surface area contributed by atoms with E-state index in [1.165, 1.54) is 6.07 Å². The Bertz CT molecular complexity index is 1030. The summed E-state index contributed by atoms with van der Waals surface area (Å²) in [6.07, 6.45) is 3.19. The van der Waals surface area contributed by atoms with Crippen molar-refractivity contribution in [3.63, 3.8) is 0 Å². The first-order chi connectivity index (χ1) is 14.3. The third-order valence-corrected chi connectivity index (χ3v) is 7.48. The lowest BCUT2D eigenvalue weighted by molar-refractivity contribution is 0.417. The van der Waals surface area contributed by atoms with Gasteiger partial charge < -0.3 is 5.32 Å². The van der Waals surface area contributed by atoms with Crippen LogP contribution in [0.4, 0.5) is 0 Å². The summed E-state index contributed by atoms with van der Waals surface area (Å²) in [6.45, 7) is 3.61. The van der Waals surface area contributed by atoms with Gasteiger partial charge in [-0.15, -0.1) is 0 Å². The van der Waals surface area contributed by atoms with E-state index in [2.05, 4.69) is 17.0 Å². The maximum atomic E-state index is 13.3. The molecule has 3 rings (SSSR count). The fraction of sp³-hybridized carbons (Fsp3) is 0.409. The number of hydrogen-bond acceptors (Lipinski definition) is 4. The summed E-state index contributed by atoms with van der Waals surface area (Å²) >= 11 is 12.2. The van der Waals surface area contributed by atoms with Crippen LogP contribution in [0.25, 0.3) is 0 Å². The van der Waals surface area contributed by atoms with E-state index in [0.29, 0.717) is 40.1 Å². The Balaban J connectivity index is 1.93. The van der Waals surface area contributed by atoms with Crippen molar-refractivity contribution in [1.82, 2.24) is 10.0 Å². The van der Waals surface area contributed by atoms with E-state index < -0.39 is 10.0 Å². The predicted molar refractivity (Wildman–Crippen MR) is 120 cm³/mol. The van der Waals surface area contributed by atoms with Gasteiger partial charge in [-0.2, -0.15) is 5.26 Å². The van der Waals surface area contributed by atoms with Gasteiger partial charge in [0.1, 0.15) is 0 Å². The van der Waals surface area contributed by atoms with Crippen molar-refractivity contribution in [2.45, 2.75) is 43.5 Å². The van der Waals surface area contributed by atoms with E-state index in [1.54, 1.807) is 30.3 Å². The van der Waals surface area contributed by atoms with Crippen LogP contribution in [-0.2, 0) is 16.4 Å². The largest absolute Gasteiger partial charge is 0.315 e. The van der Waals surface area contributed by atoms with Crippen molar-refractivity contribution in [3.05, 3.63) is 63.1 Å². The molecule has 0 amide bonds. The average Bonchev–Trinajstić information content (AvgIpc) is 2.92. The van der Waals surface area contributed by atoms with E-state index in [-0.39, 0.29) is 10.9 Å². The molecule has 2 atom stereocenters. The van der Waals surface area contributed by atoms with Crippen LogP contribution in [0.2, 0.25) is 10.0 Å². The maximum Gasteiger partial charge on any atom is 0.241 e. The van der Waals surface area contributed by atoms with Crippen LogP contribution >= 0.6 is 23.2 Å². The fourth-order valence-electron chi connectivity index (χ4n) is 3.88. The Morgan fingerprint density at radius 1 is 1.20 bits per heavy atom. The normalized spacial score (nSPS) is 19.8. The molecule has 5 nitrogen and oxygen atoms in total. The number of halogens is 2. The third kappa shape index (κ3) is 5.96. The zero-order valence-corrected chi connectivity index (χ0v) is 19.1. The molecule has 0 spiro atoms. The average molecular weight is 466 g/mol. The molecule has 2 N–H and O–H groups in total. The monoisotopic (exact) mass is 465 g/mol. The first-order valence-electron chi connectivity index (χ1n) is 10.0. The van der Waals surface area contributed by atoms with Crippen LogP contribution in [0.3, 0.4) is 0 Å². The molecular formula is C22H25Cl2N3O2S. The molecule has 0 saturated carbocycles. The van der Waals surface area contributed by atoms with Crippen molar-refractivity contribution < 1.29 is 8.42 Å². The molecule has 160 valence electrons. The SMILES string of the molecule is CCC1CCNC[C@H](NS(=O)(=O)c2cc(C#N)ccc2Cc2cc(Cl)cc(Cl)c2)C1. The van der Waals surface area contributed by atoms with Gasteiger partial charge in [-0.1, -0.05) is 42.6 Å². The highest BCUT2D eigenvalue weighted by molar-refractivity contribution is 7.89. The first-order valence-corrected chi connectivity index (χ1v) is 12.3. The highest BCUT2D eigenvalue weighted by atomic mass is 35.5. The Morgan fingerprint density at radius 2 is 1.93 bits per heavy atom. The topological polar surface area (TPSA) is 82.0 Å². The van der Waals surface area contributed by atoms with Gasteiger partial charge in [-0.05, 0) is 73.2 Å². The van der Waals surface area contributed by atoms with Gasteiger partial charge in [0.25, 0.3) is 0 Å². The summed E-state index contributed by atoms with van der Waals surface area (Å²) in [6, 6.07) is 11.7. The van der Waals surface area contributed by atoms with Crippen molar-refractivity contribution >= 4 is 33.2 Å². The molecule has 2 aromatic carbocycles. The lowest BCUT2D eigenvalue weighted by atomic mass is 9.96. The summed E-state index contributed by atoms with van der Waals surface area (Å²) in [7, 11) is -3.82. The lowest BCUT2D eigenvalue weighted by Crippen LogP contribution is -2.41. The molecule has 30 heavy (non-hydrogen) atoms. The van der Waals surface area contributed by atoms with Crippen molar-refractivity contribution in [1.29, 1.82) is 5.26 Å². The van der Waals surface area contributed by atoms with E-state index in [1.807, 2.05) is 6.07 Å². The number of hydrogen-bond donors (Lipinski definition) is 2. The van der Waals surface area contributed by atoms with Gasteiger partial charge in [-0.25, -0.2) is 13.1 Å². The maximum absolute atomic E-state index is 13.3. The number of sulfonamides is 1. The number of nitrogens with zero attached hydrogens (tertiary/aromatic N) is 1. The Hall–Kier alpha value is -1.62.